The summed E-state index contributed by atoms with van der Waals surface area (Å²) < 4.78 is 70.7. The molecule has 18 heteroatoms. The maximum Gasteiger partial charge on any atom is 0.490 e. The molecule has 0 saturated carbocycles. The van der Waals surface area contributed by atoms with Crippen LogP contribution < -0.4 is 0 Å². The molecule has 1 fully saturated rings. The van der Waals surface area contributed by atoms with Crippen molar-refractivity contribution in [3.8, 4) is 0 Å². The van der Waals surface area contributed by atoms with Gasteiger partial charge in [-0.05, 0) is 31.9 Å². The van der Waals surface area contributed by atoms with Crippen molar-refractivity contribution in [1.82, 2.24) is 29.5 Å². The molecule has 4 rings (SSSR count). The molecule has 2 N–H and O–H groups in total. The summed E-state index contributed by atoms with van der Waals surface area (Å²) in [4.78, 5) is 38.5. The van der Waals surface area contributed by atoms with Crippen LogP contribution in [0.15, 0.2) is 24.4 Å². The van der Waals surface area contributed by atoms with E-state index in [0.717, 1.165) is 49.8 Å². The summed E-state index contributed by atoms with van der Waals surface area (Å²) in [5.41, 5.74) is 0.931. The number of carbonyl (C=O) groups is 3. The number of piperidine rings is 1. The fourth-order valence-corrected chi connectivity index (χ4v) is 4.27. The van der Waals surface area contributed by atoms with Crippen LogP contribution in [0.3, 0.4) is 0 Å². The number of carboxylic acids is 2. The zero-order valence-electron chi connectivity index (χ0n) is 21.2. The van der Waals surface area contributed by atoms with Crippen molar-refractivity contribution in [2.75, 3.05) is 26.7 Å². The van der Waals surface area contributed by atoms with Crippen LogP contribution in [0.1, 0.15) is 30.2 Å². The summed E-state index contributed by atoms with van der Waals surface area (Å²) in [7, 11) is 1.43. The molecule has 0 aliphatic carbocycles. The van der Waals surface area contributed by atoms with E-state index in [1.807, 2.05) is 25.3 Å². The normalized spacial score (nSPS) is 16.6. The van der Waals surface area contributed by atoms with Crippen molar-refractivity contribution >= 4 is 18.0 Å². The number of ether oxygens (including phenoxy) is 1. The van der Waals surface area contributed by atoms with Crippen LogP contribution in [0, 0.1) is 6.92 Å². The number of amides is 1. The van der Waals surface area contributed by atoms with Gasteiger partial charge >= 0.3 is 30.4 Å². The van der Waals surface area contributed by atoms with E-state index in [1.165, 1.54) is 7.11 Å². The number of halogens is 6. The fourth-order valence-electron chi connectivity index (χ4n) is 4.27. The van der Waals surface area contributed by atoms with Gasteiger partial charge in [0.05, 0.1) is 24.9 Å². The highest BCUT2D eigenvalue weighted by molar-refractivity contribution is 5.73. The summed E-state index contributed by atoms with van der Waals surface area (Å²) >= 11 is 0. The van der Waals surface area contributed by atoms with Gasteiger partial charge in [0.1, 0.15) is 5.82 Å². The SMILES string of the molecule is COC(=O)N1Cc2nnc(C)n2C2(CCN(Cc3ccccn3)CC2)C1.O=C(O)C(F)(F)F.O=C(O)C(F)(F)F. The third kappa shape index (κ3) is 8.52. The first-order valence-electron chi connectivity index (χ1n) is 11.5. The zero-order valence-corrected chi connectivity index (χ0v) is 21.2. The fraction of sp³-hybridized carbons (Fsp3) is 0.545. The summed E-state index contributed by atoms with van der Waals surface area (Å²) in [6, 6.07) is 6.02. The van der Waals surface area contributed by atoms with E-state index in [9.17, 15) is 31.1 Å². The Kier molecular flexibility index (Phi) is 10.4. The smallest absolute Gasteiger partial charge is 0.475 e. The molecule has 0 atom stereocenters. The van der Waals surface area contributed by atoms with Crippen molar-refractivity contribution in [3.63, 3.8) is 0 Å². The van der Waals surface area contributed by atoms with Crippen molar-refractivity contribution in [2.45, 2.75) is 50.7 Å². The first kappa shape index (κ1) is 32.3. The number of nitrogens with zero attached hydrogens (tertiary/aromatic N) is 6. The van der Waals surface area contributed by atoms with Gasteiger partial charge < -0.3 is 19.5 Å². The van der Waals surface area contributed by atoms with Gasteiger partial charge in [-0.2, -0.15) is 26.3 Å². The lowest BCUT2D eigenvalue weighted by molar-refractivity contribution is -0.193. The van der Waals surface area contributed by atoms with Crippen LogP contribution in [0.4, 0.5) is 31.1 Å². The van der Waals surface area contributed by atoms with Gasteiger partial charge in [-0.25, -0.2) is 14.4 Å². The number of hydrogen-bond donors (Lipinski definition) is 2. The maximum absolute atomic E-state index is 12.1. The Morgan fingerprint density at radius 1 is 1.00 bits per heavy atom. The number of aromatic nitrogens is 4. The van der Waals surface area contributed by atoms with E-state index in [0.29, 0.717) is 13.1 Å². The quantitative estimate of drug-likeness (QED) is 0.505. The first-order chi connectivity index (χ1) is 18.5. The highest BCUT2D eigenvalue weighted by Crippen LogP contribution is 2.37. The van der Waals surface area contributed by atoms with E-state index in [1.54, 1.807) is 4.90 Å². The Morgan fingerprint density at radius 2 is 1.55 bits per heavy atom. The average Bonchev–Trinajstić information content (AvgIpc) is 3.26. The molecule has 222 valence electrons. The Morgan fingerprint density at radius 3 is 2.00 bits per heavy atom. The van der Waals surface area contributed by atoms with Crippen LogP contribution in [0.2, 0.25) is 0 Å². The lowest BCUT2D eigenvalue weighted by atomic mass is 9.84. The number of methoxy groups -OCH3 is 1. The standard InChI is InChI=1S/C18H24N6O2.2C2HF3O2/c1-14-20-21-16-12-23(17(25)26-2)13-18(24(14)16)6-9-22(10-7-18)11-15-5-3-4-8-19-15;2*3-2(4,5)1(6)7/h3-5,8H,6-7,9-13H2,1-2H3;2*(H,6,7). The molecule has 4 heterocycles. The molecule has 0 radical (unpaired) electrons. The number of rotatable bonds is 2. The molecule has 40 heavy (non-hydrogen) atoms. The number of pyridine rings is 1. The highest BCUT2D eigenvalue weighted by atomic mass is 19.4. The van der Waals surface area contributed by atoms with E-state index in [4.69, 9.17) is 24.5 Å². The number of hydrogen-bond acceptors (Lipinski definition) is 8. The van der Waals surface area contributed by atoms with Gasteiger partial charge in [0, 0.05) is 32.4 Å². The van der Waals surface area contributed by atoms with Crippen molar-refractivity contribution in [3.05, 3.63) is 41.7 Å². The van der Waals surface area contributed by atoms with Crippen LogP contribution in [-0.2, 0) is 33.0 Å². The maximum atomic E-state index is 12.1. The van der Waals surface area contributed by atoms with Gasteiger partial charge in [0.15, 0.2) is 5.82 Å². The number of alkyl halides is 6. The Labute approximate surface area is 223 Å². The molecular weight excluding hydrogens is 558 g/mol. The predicted octanol–water partition coefficient (Wildman–Crippen LogP) is 2.82. The zero-order chi connectivity index (χ0) is 30.3. The van der Waals surface area contributed by atoms with Crippen molar-refractivity contribution < 1.29 is 55.7 Å². The summed E-state index contributed by atoms with van der Waals surface area (Å²) in [5, 5.41) is 22.8. The lowest BCUT2D eigenvalue weighted by Crippen LogP contribution is -2.57. The van der Waals surface area contributed by atoms with E-state index >= 15 is 0 Å². The monoisotopic (exact) mass is 584 g/mol. The largest absolute Gasteiger partial charge is 0.490 e. The van der Waals surface area contributed by atoms with E-state index in [-0.39, 0.29) is 11.6 Å². The lowest BCUT2D eigenvalue weighted by Gasteiger charge is -2.48. The molecule has 1 amide bonds. The Hall–Kier alpha value is -3.96. The highest BCUT2D eigenvalue weighted by Gasteiger charge is 2.45. The van der Waals surface area contributed by atoms with E-state index in [2.05, 4.69) is 30.7 Å². The van der Waals surface area contributed by atoms with Crippen molar-refractivity contribution in [2.24, 2.45) is 0 Å². The molecule has 1 spiro atoms. The predicted molar refractivity (Wildman–Crippen MR) is 122 cm³/mol. The third-order valence-electron chi connectivity index (χ3n) is 6.00. The number of carbonyl (C=O) groups excluding carboxylic acids is 1. The number of aryl methyl sites for hydroxylation is 1. The van der Waals surface area contributed by atoms with Crippen molar-refractivity contribution in [1.29, 1.82) is 0 Å². The molecule has 0 unspecified atom stereocenters. The van der Waals surface area contributed by atoms with Crippen LogP contribution in [0.5, 0.6) is 0 Å². The third-order valence-corrected chi connectivity index (χ3v) is 6.00. The minimum absolute atomic E-state index is 0.157. The number of carboxylic acid groups (broad SMARTS) is 2. The Balaban J connectivity index is 0.000000333. The van der Waals surface area contributed by atoms with Crippen LogP contribution >= 0.6 is 0 Å². The molecule has 0 aromatic carbocycles. The summed E-state index contributed by atoms with van der Waals surface area (Å²) in [5.74, 6) is -3.75. The minimum Gasteiger partial charge on any atom is -0.475 e. The first-order valence-corrected chi connectivity index (χ1v) is 11.5. The number of aliphatic carboxylic acids is 2. The topological polar surface area (TPSA) is 151 Å². The molecule has 2 aromatic heterocycles. The molecule has 2 aliphatic heterocycles. The van der Waals surface area contributed by atoms with Crippen LogP contribution in [0.25, 0.3) is 0 Å². The van der Waals surface area contributed by atoms with Gasteiger partial charge in [-0.3, -0.25) is 14.8 Å². The van der Waals surface area contributed by atoms with Gasteiger partial charge in [0.25, 0.3) is 0 Å². The minimum atomic E-state index is -5.08. The Bertz CT molecular complexity index is 1140. The second kappa shape index (κ2) is 12.9. The molecule has 12 nitrogen and oxygen atoms in total. The second-order valence-corrected chi connectivity index (χ2v) is 8.75. The molecule has 0 bridgehead atoms. The van der Waals surface area contributed by atoms with E-state index < -0.39 is 24.3 Å². The van der Waals surface area contributed by atoms with Gasteiger partial charge in [0.2, 0.25) is 0 Å². The second-order valence-electron chi connectivity index (χ2n) is 8.75. The molecular formula is C22H26F6N6O6. The average molecular weight is 584 g/mol. The van der Waals surface area contributed by atoms with Gasteiger partial charge in [-0.15, -0.1) is 10.2 Å². The molecule has 2 aliphatic rings. The summed E-state index contributed by atoms with van der Waals surface area (Å²) in [6.07, 6.45) is -6.74. The molecule has 1 saturated heterocycles. The molecule has 2 aromatic rings. The van der Waals surface area contributed by atoms with Crippen LogP contribution in [-0.4, -0.2) is 96.9 Å². The number of likely N-dealkylation sites (tertiary alicyclic amines) is 1. The number of fused-ring (bicyclic) bond motifs is 2. The van der Waals surface area contributed by atoms with Gasteiger partial charge in [-0.1, -0.05) is 6.07 Å². The summed E-state index contributed by atoms with van der Waals surface area (Å²) in [6.45, 7) is 5.83.